The molecule has 5 nitrogen and oxygen atoms in total. The Morgan fingerprint density at radius 2 is 2.25 bits per heavy atom. The predicted octanol–water partition coefficient (Wildman–Crippen LogP) is 1.72. The highest BCUT2D eigenvalue weighted by Gasteiger charge is 2.23. The Morgan fingerprint density at radius 1 is 1.40 bits per heavy atom. The zero-order valence-electron chi connectivity index (χ0n) is 11.3. The van der Waals surface area contributed by atoms with Gasteiger partial charge in [0, 0.05) is 17.7 Å². The molecule has 3 rings (SSSR count). The van der Waals surface area contributed by atoms with Crippen LogP contribution in [-0.2, 0) is 11.2 Å². The summed E-state index contributed by atoms with van der Waals surface area (Å²) in [5.74, 6) is 1.30. The summed E-state index contributed by atoms with van der Waals surface area (Å²) in [5, 5.41) is 15.1. The fourth-order valence-corrected chi connectivity index (χ4v) is 2.49. The minimum Gasteiger partial charge on any atom is -0.483 e. The lowest BCUT2D eigenvalue weighted by atomic mass is 10.1. The zero-order valence-corrected chi connectivity index (χ0v) is 11.3. The highest BCUT2D eigenvalue weighted by atomic mass is 16.5. The Kier molecular flexibility index (Phi) is 3.58. The number of hydrogen-bond donors (Lipinski definition) is 2. The van der Waals surface area contributed by atoms with E-state index in [9.17, 15) is 4.79 Å². The van der Waals surface area contributed by atoms with Crippen molar-refractivity contribution in [1.82, 2.24) is 5.32 Å². The Balaban J connectivity index is 1.60. The first-order valence-corrected chi connectivity index (χ1v) is 7.00. The number of hydrogen-bond acceptors (Lipinski definition) is 4. The number of rotatable bonds is 5. The first kappa shape index (κ1) is 13.0. The summed E-state index contributed by atoms with van der Waals surface area (Å²) in [6, 6.07) is 5.62. The molecule has 0 aliphatic heterocycles. The van der Waals surface area contributed by atoms with Gasteiger partial charge >= 0.3 is 0 Å². The number of ether oxygens (including phenoxy) is 1. The van der Waals surface area contributed by atoms with Crippen LogP contribution >= 0.6 is 0 Å². The molecule has 2 aliphatic carbocycles. The van der Waals surface area contributed by atoms with Crippen LogP contribution in [0.5, 0.6) is 5.75 Å². The maximum atomic E-state index is 11.7. The van der Waals surface area contributed by atoms with Crippen LogP contribution in [0.2, 0.25) is 0 Å². The first-order valence-electron chi connectivity index (χ1n) is 7.00. The van der Waals surface area contributed by atoms with Crippen molar-refractivity contribution >= 4 is 11.6 Å². The highest BCUT2D eigenvalue weighted by Crippen LogP contribution is 2.31. The predicted molar refractivity (Wildman–Crippen MR) is 74.3 cm³/mol. The van der Waals surface area contributed by atoms with Crippen molar-refractivity contribution in [2.75, 3.05) is 13.2 Å². The van der Waals surface area contributed by atoms with Gasteiger partial charge in [-0.25, -0.2) is 0 Å². The Hall–Kier alpha value is -2.04. The lowest BCUT2D eigenvalue weighted by Gasteiger charge is -2.10. The fourth-order valence-electron chi connectivity index (χ4n) is 2.49. The third kappa shape index (κ3) is 2.76. The molecule has 2 aliphatic rings. The van der Waals surface area contributed by atoms with Crippen LogP contribution < -0.4 is 10.1 Å². The molecule has 1 amide bonds. The molecule has 1 fully saturated rings. The van der Waals surface area contributed by atoms with E-state index < -0.39 is 0 Å². The van der Waals surface area contributed by atoms with Crippen LogP contribution in [0.4, 0.5) is 0 Å². The molecule has 0 radical (unpaired) electrons. The van der Waals surface area contributed by atoms with E-state index in [1.807, 2.05) is 18.2 Å². The molecule has 5 heteroatoms. The topological polar surface area (TPSA) is 70.9 Å². The summed E-state index contributed by atoms with van der Waals surface area (Å²) in [6.45, 7) is 0.797. The van der Waals surface area contributed by atoms with Crippen LogP contribution in [0.25, 0.3) is 0 Å². The Labute approximate surface area is 117 Å². The van der Waals surface area contributed by atoms with Crippen molar-refractivity contribution in [3.63, 3.8) is 0 Å². The summed E-state index contributed by atoms with van der Waals surface area (Å²) < 4.78 is 5.61. The molecule has 0 heterocycles. The van der Waals surface area contributed by atoms with E-state index in [0.29, 0.717) is 23.8 Å². The molecule has 20 heavy (non-hydrogen) atoms. The van der Waals surface area contributed by atoms with E-state index in [-0.39, 0.29) is 12.5 Å². The molecular formula is C15H18N2O3. The van der Waals surface area contributed by atoms with Crippen molar-refractivity contribution in [1.29, 1.82) is 0 Å². The minimum absolute atomic E-state index is 0.0365. The summed E-state index contributed by atoms with van der Waals surface area (Å²) in [6.07, 6.45) is 3.93. The van der Waals surface area contributed by atoms with Gasteiger partial charge in [-0.3, -0.25) is 4.79 Å². The van der Waals surface area contributed by atoms with Crippen molar-refractivity contribution in [2.24, 2.45) is 11.1 Å². The fraction of sp³-hybridized carbons (Fsp3) is 0.467. The maximum Gasteiger partial charge on any atom is 0.257 e. The smallest absolute Gasteiger partial charge is 0.257 e. The summed E-state index contributed by atoms with van der Waals surface area (Å²) in [7, 11) is 0. The van der Waals surface area contributed by atoms with Crippen molar-refractivity contribution in [3.8, 4) is 5.75 Å². The van der Waals surface area contributed by atoms with E-state index in [4.69, 9.17) is 9.94 Å². The van der Waals surface area contributed by atoms with Gasteiger partial charge in [0.25, 0.3) is 5.91 Å². The third-order valence-corrected chi connectivity index (χ3v) is 3.82. The van der Waals surface area contributed by atoms with Crippen LogP contribution in [0.1, 0.15) is 30.4 Å². The average molecular weight is 274 g/mol. The van der Waals surface area contributed by atoms with Gasteiger partial charge in [0.2, 0.25) is 0 Å². The zero-order chi connectivity index (χ0) is 13.9. The van der Waals surface area contributed by atoms with Gasteiger partial charge in [-0.2, -0.15) is 0 Å². The second kappa shape index (κ2) is 5.53. The normalized spacial score (nSPS) is 18.9. The monoisotopic (exact) mass is 274 g/mol. The van der Waals surface area contributed by atoms with E-state index in [1.165, 1.54) is 12.8 Å². The third-order valence-electron chi connectivity index (χ3n) is 3.82. The van der Waals surface area contributed by atoms with Gasteiger partial charge in [0.05, 0.1) is 5.71 Å². The average Bonchev–Trinajstić information content (AvgIpc) is 3.20. The molecule has 0 bridgehead atoms. The SMILES string of the molecule is O=C(COc1cccc2c1CCC2=NO)NCC1CC1. The molecule has 0 spiro atoms. The molecule has 0 saturated heterocycles. The highest BCUT2D eigenvalue weighted by molar-refractivity contribution is 6.04. The number of carbonyl (C=O) groups excluding carboxylic acids is 1. The summed E-state index contributed by atoms with van der Waals surface area (Å²) in [4.78, 5) is 11.7. The van der Waals surface area contributed by atoms with Crippen LogP contribution in [0.3, 0.4) is 0 Å². The molecule has 2 N–H and O–H groups in total. The van der Waals surface area contributed by atoms with Gasteiger partial charge < -0.3 is 15.3 Å². The molecule has 0 unspecified atom stereocenters. The number of carbonyl (C=O) groups is 1. The lowest BCUT2D eigenvalue weighted by Crippen LogP contribution is -2.30. The Morgan fingerprint density at radius 3 is 3.00 bits per heavy atom. The second-order valence-electron chi connectivity index (χ2n) is 5.37. The second-order valence-corrected chi connectivity index (χ2v) is 5.37. The van der Waals surface area contributed by atoms with Gasteiger partial charge in [-0.1, -0.05) is 17.3 Å². The number of benzene rings is 1. The number of fused-ring (bicyclic) bond motifs is 1. The van der Waals surface area contributed by atoms with Crippen molar-refractivity contribution < 1.29 is 14.7 Å². The molecular weight excluding hydrogens is 256 g/mol. The molecule has 0 aromatic heterocycles. The van der Waals surface area contributed by atoms with E-state index >= 15 is 0 Å². The maximum absolute atomic E-state index is 11.7. The molecule has 0 atom stereocenters. The van der Waals surface area contributed by atoms with Crippen LogP contribution in [0, 0.1) is 5.92 Å². The number of nitrogens with zero attached hydrogens (tertiary/aromatic N) is 1. The van der Waals surface area contributed by atoms with Gasteiger partial charge in [-0.05, 0) is 37.7 Å². The van der Waals surface area contributed by atoms with Crippen molar-refractivity contribution in [3.05, 3.63) is 29.3 Å². The number of nitrogens with one attached hydrogen (secondary N) is 1. The van der Waals surface area contributed by atoms with Crippen molar-refractivity contribution in [2.45, 2.75) is 25.7 Å². The van der Waals surface area contributed by atoms with Gasteiger partial charge in [0.1, 0.15) is 5.75 Å². The Bertz CT molecular complexity index is 550. The largest absolute Gasteiger partial charge is 0.483 e. The van der Waals surface area contributed by atoms with E-state index in [1.54, 1.807) is 0 Å². The van der Waals surface area contributed by atoms with Crippen LogP contribution in [0.15, 0.2) is 23.4 Å². The summed E-state index contributed by atoms with van der Waals surface area (Å²) in [5.41, 5.74) is 2.63. The van der Waals surface area contributed by atoms with Crippen LogP contribution in [-0.4, -0.2) is 30.0 Å². The van der Waals surface area contributed by atoms with E-state index in [2.05, 4.69) is 10.5 Å². The molecule has 1 saturated carbocycles. The lowest BCUT2D eigenvalue weighted by molar-refractivity contribution is -0.123. The van der Waals surface area contributed by atoms with Gasteiger partial charge in [-0.15, -0.1) is 0 Å². The van der Waals surface area contributed by atoms with Gasteiger partial charge in [0.15, 0.2) is 6.61 Å². The molecule has 1 aromatic rings. The minimum atomic E-state index is -0.0800. The quantitative estimate of drug-likeness (QED) is 0.634. The molecule has 1 aromatic carbocycles. The number of amides is 1. The first-order chi connectivity index (χ1) is 9.78. The van der Waals surface area contributed by atoms with E-state index in [0.717, 1.165) is 24.1 Å². The number of oxime groups is 1. The standard InChI is InChI=1S/C15H18N2O3/c18-15(16-8-10-4-5-10)9-20-14-3-1-2-11-12(14)6-7-13(11)17-19/h1-3,10,19H,4-9H2,(H,16,18). The summed E-state index contributed by atoms with van der Waals surface area (Å²) >= 11 is 0. The molecule has 106 valence electrons.